The number of piperidine rings is 1. The van der Waals surface area contributed by atoms with Crippen LogP contribution in [-0.4, -0.2) is 66.7 Å². The lowest BCUT2D eigenvalue weighted by molar-refractivity contribution is 0.261. The number of anilines is 1. The number of nitrogens with zero attached hydrogens (tertiary/aromatic N) is 4. The molecule has 0 aliphatic carbocycles. The van der Waals surface area contributed by atoms with E-state index in [1.807, 2.05) is 44.4 Å². The maximum atomic E-state index is 5.80. The van der Waals surface area contributed by atoms with Crippen molar-refractivity contribution in [2.24, 2.45) is 5.92 Å². The molecule has 1 aromatic carbocycles. The molecule has 2 aromatic heterocycles. The summed E-state index contributed by atoms with van der Waals surface area (Å²) < 4.78 is 5.80. The highest BCUT2D eigenvalue weighted by atomic mass is 16.5. The Morgan fingerprint density at radius 1 is 1.17 bits per heavy atom. The normalized spacial score (nSPS) is 16.7. The van der Waals surface area contributed by atoms with Crippen LogP contribution in [0.4, 0.5) is 5.82 Å². The van der Waals surface area contributed by atoms with Gasteiger partial charge in [0.15, 0.2) is 5.82 Å². The maximum Gasteiger partial charge on any atom is 0.154 e. The standard InChI is InChI=1S/C23H30N6O/c1-29(2)12-13-30-19-7-5-18(6-8-19)20-14-21-22(26-11-10-25-21)23(28-20)27-16-17-4-3-9-24-15-17/h5-8,10-11,14,17,24H,3-4,9,12-13,15-16H2,1-2H3,(H,27,28). The molecule has 0 amide bonds. The summed E-state index contributed by atoms with van der Waals surface area (Å²) in [6, 6.07) is 10.1. The van der Waals surface area contributed by atoms with Crippen LogP contribution in [0.1, 0.15) is 12.8 Å². The molecule has 0 bridgehead atoms. The summed E-state index contributed by atoms with van der Waals surface area (Å²) in [7, 11) is 4.08. The van der Waals surface area contributed by atoms with Crippen LogP contribution in [0.25, 0.3) is 22.3 Å². The lowest BCUT2D eigenvalue weighted by Crippen LogP contribution is -2.33. The van der Waals surface area contributed by atoms with Gasteiger partial charge in [-0.3, -0.25) is 4.98 Å². The number of aromatic nitrogens is 3. The maximum absolute atomic E-state index is 5.80. The third kappa shape index (κ3) is 5.23. The molecule has 1 aliphatic rings. The summed E-state index contributed by atoms with van der Waals surface area (Å²) >= 11 is 0. The molecule has 7 heteroatoms. The molecule has 3 aromatic rings. The van der Waals surface area contributed by atoms with Crippen LogP contribution in [-0.2, 0) is 0 Å². The summed E-state index contributed by atoms with van der Waals surface area (Å²) in [5.41, 5.74) is 3.57. The monoisotopic (exact) mass is 406 g/mol. The topological polar surface area (TPSA) is 75.2 Å². The number of pyridine rings is 1. The third-order valence-corrected chi connectivity index (χ3v) is 5.37. The predicted octanol–water partition coefficient (Wildman–Crippen LogP) is 3.04. The molecule has 0 spiro atoms. The van der Waals surface area contributed by atoms with Gasteiger partial charge in [0.25, 0.3) is 0 Å². The van der Waals surface area contributed by atoms with Gasteiger partial charge in [0.2, 0.25) is 0 Å². The zero-order chi connectivity index (χ0) is 20.8. The lowest BCUT2D eigenvalue weighted by atomic mass is 10.00. The van der Waals surface area contributed by atoms with Crippen molar-refractivity contribution in [2.45, 2.75) is 12.8 Å². The van der Waals surface area contributed by atoms with Gasteiger partial charge in [0, 0.05) is 31.0 Å². The molecule has 1 unspecified atom stereocenters. The number of likely N-dealkylation sites (N-methyl/N-ethyl adjacent to an activating group) is 1. The third-order valence-electron chi connectivity index (χ3n) is 5.37. The van der Waals surface area contributed by atoms with Crippen molar-refractivity contribution < 1.29 is 4.74 Å². The van der Waals surface area contributed by atoms with Gasteiger partial charge in [-0.2, -0.15) is 0 Å². The predicted molar refractivity (Wildman–Crippen MR) is 121 cm³/mol. The zero-order valence-electron chi connectivity index (χ0n) is 17.8. The van der Waals surface area contributed by atoms with Crippen LogP contribution in [0.5, 0.6) is 5.75 Å². The molecule has 0 saturated carbocycles. The van der Waals surface area contributed by atoms with E-state index in [0.717, 1.165) is 60.0 Å². The number of nitrogens with one attached hydrogen (secondary N) is 2. The van der Waals surface area contributed by atoms with Crippen molar-refractivity contribution in [3.05, 3.63) is 42.7 Å². The number of rotatable bonds is 8. The van der Waals surface area contributed by atoms with Gasteiger partial charge in [0.05, 0.1) is 11.2 Å². The van der Waals surface area contributed by atoms with Gasteiger partial charge in [-0.05, 0) is 76.3 Å². The zero-order valence-corrected chi connectivity index (χ0v) is 17.8. The second-order valence-corrected chi connectivity index (χ2v) is 8.05. The second kappa shape index (κ2) is 9.82. The Kier molecular flexibility index (Phi) is 6.71. The highest BCUT2D eigenvalue weighted by molar-refractivity contribution is 5.88. The summed E-state index contributed by atoms with van der Waals surface area (Å²) in [6.07, 6.45) is 5.90. The first-order valence-electron chi connectivity index (χ1n) is 10.6. The number of hydrogen-bond acceptors (Lipinski definition) is 7. The molecule has 3 heterocycles. The Labute approximate surface area is 177 Å². The fourth-order valence-corrected chi connectivity index (χ4v) is 3.65. The molecule has 158 valence electrons. The van der Waals surface area contributed by atoms with Gasteiger partial charge >= 0.3 is 0 Å². The van der Waals surface area contributed by atoms with Gasteiger partial charge in [-0.25, -0.2) is 9.97 Å². The van der Waals surface area contributed by atoms with Crippen LogP contribution >= 0.6 is 0 Å². The minimum absolute atomic E-state index is 0.606. The Morgan fingerprint density at radius 3 is 2.77 bits per heavy atom. The van der Waals surface area contributed by atoms with Crippen molar-refractivity contribution in [2.75, 3.05) is 52.2 Å². The van der Waals surface area contributed by atoms with E-state index in [0.29, 0.717) is 12.5 Å². The summed E-state index contributed by atoms with van der Waals surface area (Å²) in [5, 5.41) is 7.00. The molecule has 30 heavy (non-hydrogen) atoms. The largest absolute Gasteiger partial charge is 0.492 e. The van der Waals surface area contributed by atoms with Crippen LogP contribution in [0, 0.1) is 5.92 Å². The first-order chi connectivity index (χ1) is 14.7. The van der Waals surface area contributed by atoms with E-state index in [-0.39, 0.29) is 0 Å². The molecular formula is C23H30N6O. The quantitative estimate of drug-likeness (QED) is 0.595. The molecule has 1 atom stereocenters. The van der Waals surface area contributed by atoms with E-state index in [2.05, 4.69) is 25.5 Å². The van der Waals surface area contributed by atoms with Crippen LogP contribution in [0.15, 0.2) is 42.7 Å². The van der Waals surface area contributed by atoms with Crippen molar-refractivity contribution in [3.63, 3.8) is 0 Å². The van der Waals surface area contributed by atoms with Crippen molar-refractivity contribution in [3.8, 4) is 17.0 Å². The van der Waals surface area contributed by atoms with Crippen molar-refractivity contribution >= 4 is 16.9 Å². The Bertz CT molecular complexity index is 954. The van der Waals surface area contributed by atoms with Gasteiger partial charge in [-0.15, -0.1) is 0 Å². The Hall–Kier alpha value is -2.77. The SMILES string of the molecule is CN(C)CCOc1ccc(-c2cc3nccnc3c(NCC3CCCNC3)n2)cc1. The number of benzene rings is 1. The van der Waals surface area contributed by atoms with Crippen LogP contribution < -0.4 is 15.4 Å². The van der Waals surface area contributed by atoms with E-state index in [9.17, 15) is 0 Å². The van der Waals surface area contributed by atoms with Crippen molar-refractivity contribution in [1.29, 1.82) is 0 Å². The van der Waals surface area contributed by atoms with E-state index in [4.69, 9.17) is 9.72 Å². The van der Waals surface area contributed by atoms with E-state index in [1.54, 1.807) is 12.4 Å². The summed E-state index contributed by atoms with van der Waals surface area (Å²) in [5.74, 6) is 2.27. The molecule has 1 saturated heterocycles. The Morgan fingerprint density at radius 2 is 2.00 bits per heavy atom. The number of ether oxygens (including phenoxy) is 1. The molecule has 4 rings (SSSR count). The number of hydrogen-bond donors (Lipinski definition) is 2. The van der Waals surface area contributed by atoms with Crippen LogP contribution in [0.3, 0.4) is 0 Å². The average Bonchev–Trinajstić information content (AvgIpc) is 2.78. The highest BCUT2D eigenvalue weighted by Crippen LogP contribution is 2.27. The van der Waals surface area contributed by atoms with Gasteiger partial charge in [-0.1, -0.05) is 0 Å². The minimum Gasteiger partial charge on any atom is -0.492 e. The highest BCUT2D eigenvalue weighted by Gasteiger charge is 2.15. The molecule has 7 nitrogen and oxygen atoms in total. The first-order valence-corrected chi connectivity index (χ1v) is 10.6. The van der Waals surface area contributed by atoms with E-state index in [1.165, 1.54) is 12.8 Å². The Balaban J connectivity index is 1.53. The fourth-order valence-electron chi connectivity index (χ4n) is 3.65. The molecule has 1 aliphatic heterocycles. The van der Waals surface area contributed by atoms with Crippen molar-refractivity contribution in [1.82, 2.24) is 25.2 Å². The fraction of sp³-hybridized carbons (Fsp3) is 0.435. The molecule has 0 radical (unpaired) electrons. The average molecular weight is 407 g/mol. The second-order valence-electron chi connectivity index (χ2n) is 8.05. The van der Waals surface area contributed by atoms with E-state index < -0.39 is 0 Å². The lowest BCUT2D eigenvalue weighted by Gasteiger charge is -2.23. The van der Waals surface area contributed by atoms with Crippen LogP contribution in [0.2, 0.25) is 0 Å². The van der Waals surface area contributed by atoms with Gasteiger partial charge < -0.3 is 20.3 Å². The molecular weight excluding hydrogens is 376 g/mol. The first kappa shape index (κ1) is 20.5. The molecule has 2 N–H and O–H groups in total. The number of fused-ring (bicyclic) bond motifs is 1. The molecule has 1 fully saturated rings. The minimum atomic E-state index is 0.606. The smallest absolute Gasteiger partial charge is 0.154 e. The van der Waals surface area contributed by atoms with Gasteiger partial charge in [0.1, 0.15) is 17.9 Å². The summed E-state index contributed by atoms with van der Waals surface area (Å²) in [6.45, 7) is 4.60. The van der Waals surface area contributed by atoms with E-state index >= 15 is 0 Å². The summed E-state index contributed by atoms with van der Waals surface area (Å²) in [4.78, 5) is 16.0.